The smallest absolute Gasteiger partial charge is 0.0553 e. The first-order valence-electron chi connectivity index (χ1n) is 4.67. The van der Waals surface area contributed by atoms with Gasteiger partial charge in [0.15, 0.2) is 0 Å². The third-order valence-electron chi connectivity index (χ3n) is 2.53. The van der Waals surface area contributed by atoms with Crippen LogP contribution in [0, 0.1) is 0 Å². The van der Waals surface area contributed by atoms with Crippen LogP contribution in [0.4, 0.5) is 0 Å². The summed E-state index contributed by atoms with van der Waals surface area (Å²) >= 11 is 0. The van der Waals surface area contributed by atoms with Crippen LogP contribution < -0.4 is 0 Å². The molecule has 14 heavy (non-hydrogen) atoms. The lowest BCUT2D eigenvalue weighted by molar-refractivity contribution is 0.118. The summed E-state index contributed by atoms with van der Waals surface area (Å²) in [5.74, 6) is 0. The second-order valence-electron chi connectivity index (χ2n) is 3.46. The predicted molar refractivity (Wildman–Crippen MR) is 57.1 cm³/mol. The van der Waals surface area contributed by atoms with E-state index in [2.05, 4.69) is 6.58 Å². The fourth-order valence-corrected chi connectivity index (χ4v) is 1.55. The second-order valence-corrected chi connectivity index (χ2v) is 3.46. The molecule has 2 N–H and O–H groups in total. The highest BCUT2D eigenvalue weighted by atomic mass is 16.3. The zero-order valence-corrected chi connectivity index (χ0v) is 8.19. The summed E-state index contributed by atoms with van der Waals surface area (Å²) in [7, 11) is 0. The van der Waals surface area contributed by atoms with Gasteiger partial charge >= 0.3 is 0 Å². The molecule has 1 rings (SSSR count). The van der Waals surface area contributed by atoms with Gasteiger partial charge in [0, 0.05) is 5.41 Å². The Kier molecular flexibility index (Phi) is 3.86. The minimum Gasteiger partial charge on any atom is -0.395 e. The molecule has 0 saturated carbocycles. The summed E-state index contributed by atoms with van der Waals surface area (Å²) in [6, 6.07) is 9.54. The van der Waals surface area contributed by atoms with E-state index < -0.39 is 5.41 Å². The van der Waals surface area contributed by atoms with Crippen LogP contribution in [-0.2, 0) is 5.41 Å². The molecule has 2 heteroatoms. The predicted octanol–water partition coefficient (Wildman–Crippen LogP) is 1.49. The molecule has 0 spiro atoms. The van der Waals surface area contributed by atoms with Crippen LogP contribution in [0.15, 0.2) is 43.0 Å². The summed E-state index contributed by atoms with van der Waals surface area (Å²) in [5, 5.41) is 18.7. The fourth-order valence-electron chi connectivity index (χ4n) is 1.55. The Hall–Kier alpha value is -1.12. The summed E-state index contributed by atoms with van der Waals surface area (Å²) < 4.78 is 0. The average Bonchev–Trinajstić information content (AvgIpc) is 2.27. The number of hydrogen-bond acceptors (Lipinski definition) is 2. The van der Waals surface area contributed by atoms with Crippen molar-refractivity contribution in [2.75, 3.05) is 13.2 Å². The minimum atomic E-state index is -0.580. The minimum absolute atomic E-state index is 0.0699. The van der Waals surface area contributed by atoms with Gasteiger partial charge < -0.3 is 10.2 Å². The second kappa shape index (κ2) is 4.94. The van der Waals surface area contributed by atoms with Gasteiger partial charge in [0.2, 0.25) is 0 Å². The lowest BCUT2D eigenvalue weighted by atomic mass is 9.79. The maximum Gasteiger partial charge on any atom is 0.0553 e. The van der Waals surface area contributed by atoms with E-state index >= 15 is 0 Å². The molecule has 0 aliphatic carbocycles. The Balaban J connectivity index is 3.03. The van der Waals surface area contributed by atoms with Crippen molar-refractivity contribution < 1.29 is 10.2 Å². The summed E-state index contributed by atoms with van der Waals surface area (Å²) in [5.41, 5.74) is 0.369. The van der Waals surface area contributed by atoms with Crippen molar-refractivity contribution in [2.24, 2.45) is 0 Å². The molecule has 76 valence electrons. The van der Waals surface area contributed by atoms with Gasteiger partial charge in [-0.2, -0.15) is 0 Å². The zero-order chi connectivity index (χ0) is 10.4. The Morgan fingerprint density at radius 3 is 2.14 bits per heavy atom. The van der Waals surface area contributed by atoms with E-state index in [9.17, 15) is 10.2 Å². The number of rotatable bonds is 5. The molecule has 1 aromatic rings. The number of hydrogen-bond donors (Lipinski definition) is 2. The first kappa shape index (κ1) is 11.0. The molecule has 0 heterocycles. The molecule has 0 fully saturated rings. The Morgan fingerprint density at radius 1 is 1.14 bits per heavy atom. The van der Waals surface area contributed by atoms with E-state index in [1.165, 1.54) is 0 Å². The first-order valence-corrected chi connectivity index (χ1v) is 4.67. The largest absolute Gasteiger partial charge is 0.395 e. The van der Waals surface area contributed by atoms with Gasteiger partial charge in [-0.1, -0.05) is 36.4 Å². The standard InChI is InChI=1S/C12H16O2/c1-2-8-12(9-13,10-14)11-6-4-3-5-7-11/h2-7,13-14H,1,8-10H2. The third-order valence-corrected chi connectivity index (χ3v) is 2.53. The van der Waals surface area contributed by atoms with Crippen molar-refractivity contribution in [1.82, 2.24) is 0 Å². The van der Waals surface area contributed by atoms with Crippen molar-refractivity contribution in [3.05, 3.63) is 48.6 Å². The number of aliphatic hydroxyl groups excluding tert-OH is 2. The molecule has 0 unspecified atom stereocenters. The monoisotopic (exact) mass is 192 g/mol. The third kappa shape index (κ3) is 2.03. The maximum atomic E-state index is 9.35. The van der Waals surface area contributed by atoms with Gasteiger partial charge in [0.25, 0.3) is 0 Å². The van der Waals surface area contributed by atoms with Gasteiger partial charge in [-0.15, -0.1) is 6.58 Å². The molecule has 0 amide bonds. The van der Waals surface area contributed by atoms with Crippen molar-refractivity contribution in [3.63, 3.8) is 0 Å². The van der Waals surface area contributed by atoms with Crippen LogP contribution in [0.5, 0.6) is 0 Å². The maximum absolute atomic E-state index is 9.35. The summed E-state index contributed by atoms with van der Waals surface area (Å²) in [6.07, 6.45) is 2.30. The Morgan fingerprint density at radius 2 is 1.71 bits per heavy atom. The van der Waals surface area contributed by atoms with Crippen LogP contribution in [0.1, 0.15) is 12.0 Å². The highest BCUT2D eigenvalue weighted by Crippen LogP contribution is 2.27. The Labute approximate surface area is 84.5 Å². The number of benzene rings is 1. The van der Waals surface area contributed by atoms with E-state index in [-0.39, 0.29) is 13.2 Å². The zero-order valence-electron chi connectivity index (χ0n) is 8.19. The van der Waals surface area contributed by atoms with E-state index in [0.29, 0.717) is 6.42 Å². The summed E-state index contributed by atoms with van der Waals surface area (Å²) in [6.45, 7) is 3.50. The van der Waals surface area contributed by atoms with Gasteiger partial charge in [0.1, 0.15) is 0 Å². The molecule has 2 nitrogen and oxygen atoms in total. The lowest BCUT2D eigenvalue weighted by Gasteiger charge is -2.29. The van der Waals surface area contributed by atoms with Crippen molar-refractivity contribution in [1.29, 1.82) is 0 Å². The van der Waals surface area contributed by atoms with Crippen LogP contribution in [-0.4, -0.2) is 23.4 Å². The fraction of sp³-hybridized carbons (Fsp3) is 0.333. The molecule has 0 aromatic heterocycles. The highest BCUT2D eigenvalue weighted by Gasteiger charge is 2.29. The lowest BCUT2D eigenvalue weighted by Crippen LogP contribution is -2.34. The summed E-state index contributed by atoms with van der Waals surface area (Å²) in [4.78, 5) is 0. The van der Waals surface area contributed by atoms with Crippen LogP contribution in [0.25, 0.3) is 0 Å². The van der Waals surface area contributed by atoms with E-state index in [0.717, 1.165) is 5.56 Å². The van der Waals surface area contributed by atoms with Crippen molar-refractivity contribution >= 4 is 0 Å². The molecule has 0 bridgehead atoms. The Bertz CT molecular complexity index is 276. The normalized spacial score (nSPS) is 11.3. The van der Waals surface area contributed by atoms with Gasteiger partial charge in [-0.25, -0.2) is 0 Å². The molecule has 0 saturated heterocycles. The molecule has 0 atom stereocenters. The first-order chi connectivity index (χ1) is 6.79. The topological polar surface area (TPSA) is 40.5 Å². The van der Waals surface area contributed by atoms with E-state index in [4.69, 9.17) is 0 Å². The van der Waals surface area contributed by atoms with Gasteiger partial charge in [-0.3, -0.25) is 0 Å². The van der Waals surface area contributed by atoms with Crippen molar-refractivity contribution in [2.45, 2.75) is 11.8 Å². The molecule has 1 aromatic carbocycles. The van der Waals surface area contributed by atoms with Crippen molar-refractivity contribution in [3.8, 4) is 0 Å². The quantitative estimate of drug-likeness (QED) is 0.694. The molecular weight excluding hydrogens is 176 g/mol. The van der Waals surface area contributed by atoms with Gasteiger partial charge in [-0.05, 0) is 12.0 Å². The molecule has 0 aliphatic heterocycles. The SMILES string of the molecule is C=CCC(CO)(CO)c1ccccc1. The van der Waals surface area contributed by atoms with E-state index in [1.807, 2.05) is 30.3 Å². The van der Waals surface area contributed by atoms with Crippen LogP contribution >= 0.6 is 0 Å². The van der Waals surface area contributed by atoms with Crippen LogP contribution in [0.3, 0.4) is 0 Å². The molecule has 0 radical (unpaired) electrons. The molecule has 0 aliphatic rings. The van der Waals surface area contributed by atoms with Crippen LogP contribution in [0.2, 0.25) is 0 Å². The number of aliphatic hydroxyl groups is 2. The molecular formula is C12H16O2. The highest BCUT2D eigenvalue weighted by molar-refractivity contribution is 5.26. The van der Waals surface area contributed by atoms with E-state index in [1.54, 1.807) is 6.08 Å². The van der Waals surface area contributed by atoms with Gasteiger partial charge in [0.05, 0.1) is 13.2 Å². The number of allylic oxidation sites excluding steroid dienone is 1. The average molecular weight is 192 g/mol.